The number of halogens is 2. The van der Waals surface area contributed by atoms with Crippen molar-refractivity contribution in [2.75, 3.05) is 14.1 Å². The molecular weight excluding hydrogens is 259 g/mol. The summed E-state index contributed by atoms with van der Waals surface area (Å²) in [7, 11) is 3.00. The Labute approximate surface area is 66.4 Å². The summed E-state index contributed by atoms with van der Waals surface area (Å²) in [4.78, 5) is 0. The fourth-order valence-electron chi connectivity index (χ4n) is 0. The van der Waals surface area contributed by atoms with E-state index in [1.807, 2.05) is 0 Å². The molecule has 0 fully saturated rings. The van der Waals surface area contributed by atoms with Crippen LogP contribution >= 0.6 is 41.0 Å². The molecule has 0 radical (unpaired) electrons. The first-order valence-corrected chi connectivity index (χ1v) is 1.15. The third kappa shape index (κ3) is 68.5. The van der Waals surface area contributed by atoms with Crippen LogP contribution in [0, 0.1) is 0 Å². The van der Waals surface area contributed by atoms with E-state index in [0.717, 1.165) is 0 Å². The van der Waals surface area contributed by atoms with E-state index in [2.05, 4.69) is 11.5 Å². The van der Waals surface area contributed by atoms with Gasteiger partial charge < -0.3 is 11.5 Å². The van der Waals surface area contributed by atoms with Gasteiger partial charge in [-0.25, -0.2) is 0 Å². The van der Waals surface area contributed by atoms with E-state index in [9.17, 15) is 0 Å². The second-order valence-corrected chi connectivity index (χ2v) is 0. The van der Waals surface area contributed by atoms with Gasteiger partial charge in [0, 0.05) is 0 Å². The van der Waals surface area contributed by atoms with Crippen LogP contribution in [0.15, 0.2) is 0 Å². The average molecular weight is 271 g/mol. The summed E-state index contributed by atoms with van der Waals surface area (Å²) in [6.07, 6.45) is 0. The number of rotatable bonds is 0. The van der Waals surface area contributed by atoms with Crippen molar-refractivity contribution in [3.05, 3.63) is 0 Å². The molecule has 0 bridgehead atoms. The topological polar surface area (TPSA) is 52.0 Å². The zero-order chi connectivity index (χ0) is 4.00. The van der Waals surface area contributed by atoms with E-state index in [1.165, 1.54) is 14.1 Å². The molecule has 0 spiro atoms. The van der Waals surface area contributed by atoms with Crippen LogP contribution in [-0.2, 0) is 0 Å². The van der Waals surface area contributed by atoms with E-state index < -0.39 is 0 Å². The van der Waals surface area contributed by atoms with E-state index in [0.29, 0.717) is 0 Å². The second kappa shape index (κ2) is 126. The summed E-state index contributed by atoms with van der Waals surface area (Å²) < 4.78 is 0. The number of hydrogen-bond donors (Lipinski definition) is 2. The van der Waals surface area contributed by atoms with Gasteiger partial charge in [0.05, 0.1) is 0 Å². The second-order valence-electron chi connectivity index (χ2n) is 0. The van der Waals surface area contributed by atoms with Gasteiger partial charge in [-0.05, 0) is 14.1 Å². The quantitative estimate of drug-likeness (QED) is 0.624. The van der Waals surface area contributed by atoms with Gasteiger partial charge in [0.2, 0.25) is 0 Å². The molecule has 0 aromatic carbocycles. The molecule has 44 valence electrons. The first-order chi connectivity index (χ1) is 2.00. The maximum atomic E-state index is 4.50. The Hall–Kier alpha value is 1.13. The van der Waals surface area contributed by atoms with Gasteiger partial charge in [-0.3, -0.25) is 0 Å². The Bertz CT molecular complexity index is 11.5. The molecule has 0 aromatic heterocycles. The van der Waals surface area contributed by atoms with Crippen LogP contribution in [0.5, 0.6) is 0 Å². The Morgan fingerprint density at radius 1 is 0.833 bits per heavy atom. The zero-order valence-electron chi connectivity index (χ0n) is 3.97. The Morgan fingerprint density at radius 2 is 0.833 bits per heavy atom. The van der Waals surface area contributed by atoms with Crippen LogP contribution in [0.3, 0.4) is 0 Å². The van der Waals surface area contributed by atoms with Gasteiger partial charge in [0.15, 0.2) is 0 Å². The molecule has 0 saturated heterocycles. The van der Waals surface area contributed by atoms with Crippen molar-refractivity contribution in [2.24, 2.45) is 11.5 Å². The fourth-order valence-corrected chi connectivity index (χ4v) is 0. The molecule has 2 nitrogen and oxygen atoms in total. The Morgan fingerprint density at radius 3 is 0.833 bits per heavy atom. The lowest BCUT2D eigenvalue weighted by atomic mass is 11.6. The largest absolute Gasteiger partial charge is 0.333 e. The van der Waals surface area contributed by atoms with Crippen molar-refractivity contribution < 1.29 is 0 Å². The van der Waals surface area contributed by atoms with Gasteiger partial charge in [-0.2, -0.15) is 0 Å². The molecule has 0 atom stereocenters. The maximum absolute atomic E-state index is 4.50. The maximum Gasteiger partial charge on any atom is -0.0195 e. The van der Waals surface area contributed by atoms with Crippen LogP contribution in [-0.4, -0.2) is 14.1 Å². The van der Waals surface area contributed by atoms with Gasteiger partial charge >= 0.3 is 0 Å². The zero-order valence-corrected chi connectivity index (χ0v) is 8.01. The first-order valence-electron chi connectivity index (χ1n) is 1.15. The Kier molecular flexibility index (Phi) is 576. The van der Waals surface area contributed by atoms with Crippen LogP contribution in [0.4, 0.5) is 0 Å². The minimum atomic E-state index is 0. The smallest absolute Gasteiger partial charge is 0.0195 e. The standard InChI is InChI=1S/2CH5N.BrH.HI/c2*1-2;;/h2*2H2,1H3;2*1H. The summed E-state index contributed by atoms with van der Waals surface area (Å²) in [6.45, 7) is 0. The van der Waals surface area contributed by atoms with Crippen molar-refractivity contribution in [1.82, 2.24) is 0 Å². The van der Waals surface area contributed by atoms with Crippen molar-refractivity contribution in [3.8, 4) is 0 Å². The lowest BCUT2D eigenvalue weighted by molar-refractivity contribution is 1.48. The third-order valence-electron chi connectivity index (χ3n) is 0. The van der Waals surface area contributed by atoms with E-state index in [4.69, 9.17) is 0 Å². The monoisotopic (exact) mass is 270 g/mol. The Balaban J connectivity index is -0.00000000500. The highest BCUT2D eigenvalue weighted by Crippen LogP contribution is 0.886. The summed E-state index contributed by atoms with van der Waals surface area (Å²) in [6, 6.07) is 0. The summed E-state index contributed by atoms with van der Waals surface area (Å²) in [5.74, 6) is 0. The molecule has 0 saturated carbocycles. The number of hydrogen-bond acceptors (Lipinski definition) is 2. The fraction of sp³-hybridized carbons (Fsp3) is 1.00. The molecule has 6 heavy (non-hydrogen) atoms. The van der Waals surface area contributed by atoms with E-state index >= 15 is 0 Å². The van der Waals surface area contributed by atoms with Gasteiger partial charge in [0.25, 0.3) is 0 Å². The van der Waals surface area contributed by atoms with Crippen molar-refractivity contribution in [2.45, 2.75) is 0 Å². The highest BCUT2D eigenvalue weighted by molar-refractivity contribution is 14.0. The highest BCUT2D eigenvalue weighted by atomic mass is 127. The summed E-state index contributed by atoms with van der Waals surface area (Å²) in [5, 5.41) is 0. The lowest BCUT2D eigenvalue weighted by Gasteiger charge is -1.19. The van der Waals surface area contributed by atoms with Gasteiger partial charge in [-0.1, -0.05) is 0 Å². The molecule has 0 rings (SSSR count). The first kappa shape index (κ1) is 27.3. The molecule has 0 aliphatic carbocycles. The molecule has 4 heteroatoms. The van der Waals surface area contributed by atoms with Gasteiger partial charge in [-0.15, -0.1) is 41.0 Å². The third-order valence-corrected chi connectivity index (χ3v) is 0. The normalized spacial score (nSPS) is 2.00. The van der Waals surface area contributed by atoms with Crippen LogP contribution in [0.25, 0.3) is 0 Å². The van der Waals surface area contributed by atoms with Crippen LogP contribution in [0.2, 0.25) is 0 Å². The van der Waals surface area contributed by atoms with Crippen molar-refractivity contribution in [1.29, 1.82) is 0 Å². The summed E-state index contributed by atoms with van der Waals surface area (Å²) >= 11 is 0. The van der Waals surface area contributed by atoms with Crippen LogP contribution < -0.4 is 11.5 Å². The molecular formula is C2H12BrIN2. The molecule has 0 aliphatic rings. The summed E-state index contributed by atoms with van der Waals surface area (Å²) in [5.41, 5.74) is 9.00. The predicted octanol–water partition coefficient (Wildman–Crippen LogP) is 0.346. The van der Waals surface area contributed by atoms with Gasteiger partial charge in [0.1, 0.15) is 0 Å². The molecule has 0 aliphatic heterocycles. The molecule has 0 amide bonds. The molecule has 0 heterocycles. The van der Waals surface area contributed by atoms with Crippen molar-refractivity contribution in [3.63, 3.8) is 0 Å². The molecule has 4 N–H and O–H groups in total. The lowest BCUT2D eigenvalue weighted by Crippen LogP contribution is -1.69. The van der Waals surface area contributed by atoms with E-state index in [-0.39, 0.29) is 41.0 Å². The highest BCUT2D eigenvalue weighted by Gasteiger charge is 0.838. The van der Waals surface area contributed by atoms with Crippen molar-refractivity contribution >= 4 is 41.0 Å². The average Bonchev–Trinajstić information content (AvgIpc) is 1.50. The minimum absolute atomic E-state index is 0. The van der Waals surface area contributed by atoms with Crippen LogP contribution in [0.1, 0.15) is 0 Å². The number of nitrogens with two attached hydrogens (primary N) is 2. The minimum Gasteiger partial charge on any atom is -0.333 e. The predicted molar refractivity (Wildman–Crippen MR) is 46.0 cm³/mol. The molecule has 0 unspecified atom stereocenters. The molecule has 0 aromatic rings. The SMILES string of the molecule is Br.CN.CN.I. The van der Waals surface area contributed by atoms with E-state index in [1.54, 1.807) is 0 Å².